The fourth-order valence-electron chi connectivity index (χ4n) is 1.71. The number of esters is 1. The summed E-state index contributed by atoms with van der Waals surface area (Å²) in [7, 11) is 0. The number of carbonyl (C=O) groups is 1. The largest absolute Gasteiger partial charge is 0.456 e. The molecule has 0 atom stereocenters. The fraction of sp³-hybridized carbons (Fsp3) is 0.267. The lowest BCUT2D eigenvalue weighted by Gasteiger charge is -2.21. The van der Waals surface area contributed by atoms with E-state index < -0.39 is 11.6 Å². The van der Waals surface area contributed by atoms with Crippen molar-refractivity contribution >= 4 is 23.7 Å². The number of anilines is 2. The molecule has 1 aromatic rings. The summed E-state index contributed by atoms with van der Waals surface area (Å²) in [4.78, 5) is 22.1. The molecule has 1 aromatic heterocycles. The number of allylic oxidation sites excluding steroid dienone is 1. The van der Waals surface area contributed by atoms with Gasteiger partial charge in [-0.05, 0) is 32.9 Å². The molecule has 2 N–H and O–H groups in total. The first-order chi connectivity index (χ1) is 9.88. The van der Waals surface area contributed by atoms with Crippen LogP contribution in [0.2, 0.25) is 0 Å². The lowest BCUT2D eigenvalue weighted by Crippen LogP contribution is -2.25. The minimum Gasteiger partial charge on any atom is -0.456 e. The number of ether oxygens (including phenoxy) is 1. The van der Waals surface area contributed by atoms with Crippen LogP contribution in [0.1, 0.15) is 31.1 Å². The molecule has 0 unspecified atom stereocenters. The SMILES string of the molecule is CC(C)(C)OC(=O)c1ccnc(N2C=CC=NC=C2)c1N. The van der Waals surface area contributed by atoms with Gasteiger partial charge in [-0.15, -0.1) is 0 Å². The molecule has 0 spiro atoms. The molecule has 6 nitrogen and oxygen atoms in total. The highest BCUT2D eigenvalue weighted by atomic mass is 16.6. The van der Waals surface area contributed by atoms with Gasteiger partial charge in [-0.1, -0.05) is 0 Å². The first-order valence-electron chi connectivity index (χ1n) is 6.51. The van der Waals surface area contributed by atoms with Crippen LogP contribution in [0.4, 0.5) is 11.5 Å². The quantitative estimate of drug-likeness (QED) is 0.845. The predicted molar refractivity (Wildman–Crippen MR) is 83.1 cm³/mol. The molecule has 0 saturated heterocycles. The molecule has 0 aliphatic carbocycles. The van der Waals surface area contributed by atoms with Crippen LogP contribution in [0.25, 0.3) is 0 Å². The van der Waals surface area contributed by atoms with E-state index in [1.54, 1.807) is 62.6 Å². The van der Waals surface area contributed by atoms with Gasteiger partial charge in [0.15, 0.2) is 5.82 Å². The van der Waals surface area contributed by atoms with E-state index in [4.69, 9.17) is 10.5 Å². The Morgan fingerprint density at radius 2 is 2.10 bits per heavy atom. The molecular weight excluding hydrogens is 268 g/mol. The molecule has 110 valence electrons. The van der Waals surface area contributed by atoms with Gasteiger partial charge in [-0.2, -0.15) is 0 Å². The third-order valence-corrected chi connectivity index (χ3v) is 2.56. The van der Waals surface area contributed by atoms with E-state index in [2.05, 4.69) is 9.98 Å². The van der Waals surface area contributed by atoms with Crippen molar-refractivity contribution in [1.82, 2.24) is 4.98 Å². The third-order valence-electron chi connectivity index (χ3n) is 2.56. The monoisotopic (exact) mass is 286 g/mol. The van der Waals surface area contributed by atoms with E-state index in [9.17, 15) is 4.79 Å². The number of rotatable bonds is 2. The highest BCUT2D eigenvalue weighted by Crippen LogP contribution is 2.26. The number of aliphatic imine (C=N–C) groups is 1. The van der Waals surface area contributed by atoms with Gasteiger partial charge in [-0.3, -0.25) is 4.99 Å². The maximum Gasteiger partial charge on any atom is 0.340 e. The third kappa shape index (κ3) is 3.68. The smallest absolute Gasteiger partial charge is 0.340 e. The molecule has 0 aromatic carbocycles. The van der Waals surface area contributed by atoms with E-state index >= 15 is 0 Å². The number of hydrogen-bond acceptors (Lipinski definition) is 6. The second-order valence-corrected chi connectivity index (χ2v) is 5.44. The van der Waals surface area contributed by atoms with Crippen molar-refractivity contribution in [2.75, 3.05) is 10.6 Å². The van der Waals surface area contributed by atoms with Crippen LogP contribution < -0.4 is 10.6 Å². The second kappa shape index (κ2) is 5.78. The van der Waals surface area contributed by atoms with Crippen molar-refractivity contribution < 1.29 is 9.53 Å². The minimum absolute atomic E-state index is 0.267. The van der Waals surface area contributed by atoms with Crippen molar-refractivity contribution in [2.24, 2.45) is 4.99 Å². The van der Waals surface area contributed by atoms with Gasteiger partial charge in [0.25, 0.3) is 0 Å². The predicted octanol–water partition coefficient (Wildman–Crippen LogP) is 2.49. The van der Waals surface area contributed by atoms with E-state index in [0.717, 1.165) is 0 Å². The summed E-state index contributed by atoms with van der Waals surface area (Å²) in [5.74, 6) is -0.0148. The average Bonchev–Trinajstić information content (AvgIpc) is 2.65. The van der Waals surface area contributed by atoms with Gasteiger partial charge >= 0.3 is 5.97 Å². The average molecular weight is 286 g/mol. The molecule has 2 rings (SSSR count). The summed E-state index contributed by atoms with van der Waals surface area (Å²) >= 11 is 0. The number of hydrogen-bond donors (Lipinski definition) is 1. The fourth-order valence-corrected chi connectivity index (χ4v) is 1.71. The van der Waals surface area contributed by atoms with Crippen molar-refractivity contribution in [3.63, 3.8) is 0 Å². The normalized spacial score (nSPS) is 14.1. The number of pyridine rings is 1. The topological polar surface area (TPSA) is 80.8 Å². The summed E-state index contributed by atoms with van der Waals surface area (Å²) in [6, 6.07) is 1.55. The Bertz CT molecular complexity index is 611. The summed E-state index contributed by atoms with van der Waals surface area (Å²) in [6.45, 7) is 5.42. The number of nitrogens with two attached hydrogens (primary N) is 1. The lowest BCUT2D eigenvalue weighted by molar-refractivity contribution is 0.00707. The number of carbonyl (C=O) groups excluding carboxylic acids is 1. The van der Waals surface area contributed by atoms with Crippen molar-refractivity contribution in [3.05, 3.63) is 42.5 Å². The van der Waals surface area contributed by atoms with Gasteiger partial charge in [0.1, 0.15) is 5.60 Å². The van der Waals surface area contributed by atoms with Gasteiger partial charge in [0.2, 0.25) is 0 Å². The molecule has 6 heteroatoms. The van der Waals surface area contributed by atoms with Gasteiger partial charge < -0.3 is 15.4 Å². The Balaban J connectivity index is 2.34. The van der Waals surface area contributed by atoms with Crippen LogP contribution in [0.5, 0.6) is 0 Å². The van der Waals surface area contributed by atoms with Gasteiger partial charge in [0, 0.05) is 31.0 Å². The molecule has 0 fully saturated rings. The molecule has 1 aliphatic heterocycles. The van der Waals surface area contributed by atoms with Crippen molar-refractivity contribution in [3.8, 4) is 0 Å². The number of nitrogen functional groups attached to an aromatic ring is 1. The molecule has 0 amide bonds. The maximum atomic E-state index is 12.2. The van der Waals surface area contributed by atoms with Gasteiger partial charge in [-0.25, -0.2) is 9.78 Å². The summed E-state index contributed by atoms with van der Waals surface area (Å²) < 4.78 is 5.35. The van der Waals surface area contributed by atoms with Crippen LogP contribution in [0, 0.1) is 0 Å². The molecule has 0 saturated carbocycles. The summed E-state index contributed by atoms with van der Waals surface area (Å²) in [5.41, 5.74) is 6.05. The zero-order valence-corrected chi connectivity index (χ0v) is 12.3. The molecule has 2 heterocycles. The highest BCUT2D eigenvalue weighted by molar-refractivity contribution is 5.98. The minimum atomic E-state index is -0.580. The molecular formula is C15H18N4O2. The van der Waals surface area contributed by atoms with Crippen LogP contribution in [-0.2, 0) is 4.74 Å². The van der Waals surface area contributed by atoms with E-state index in [1.807, 2.05) is 0 Å². The van der Waals surface area contributed by atoms with Crippen LogP contribution in [0.3, 0.4) is 0 Å². The Labute approximate surface area is 123 Å². The van der Waals surface area contributed by atoms with E-state index in [-0.39, 0.29) is 5.69 Å². The summed E-state index contributed by atoms with van der Waals surface area (Å²) in [5, 5.41) is 0. The standard InChI is InChI=1S/C15H18N4O2/c1-15(2,3)21-14(20)11-5-7-18-13(12(11)16)19-9-4-6-17-8-10-19/h4-10H,16H2,1-3H3. The van der Waals surface area contributed by atoms with Crippen LogP contribution >= 0.6 is 0 Å². The highest BCUT2D eigenvalue weighted by Gasteiger charge is 2.22. The molecule has 1 aliphatic rings. The Morgan fingerprint density at radius 1 is 1.33 bits per heavy atom. The first kappa shape index (κ1) is 14.8. The van der Waals surface area contributed by atoms with Gasteiger partial charge in [0.05, 0.1) is 11.3 Å². The number of aromatic nitrogens is 1. The molecule has 21 heavy (non-hydrogen) atoms. The first-order valence-corrected chi connectivity index (χ1v) is 6.51. The number of nitrogens with zero attached hydrogens (tertiary/aromatic N) is 3. The molecule has 0 bridgehead atoms. The van der Waals surface area contributed by atoms with E-state index in [1.165, 1.54) is 6.20 Å². The molecule has 0 radical (unpaired) electrons. The maximum absolute atomic E-state index is 12.2. The Hall–Kier alpha value is -2.63. The zero-order valence-electron chi connectivity index (χ0n) is 12.3. The zero-order chi connectivity index (χ0) is 15.5. The van der Waals surface area contributed by atoms with Crippen LogP contribution in [0.15, 0.2) is 41.9 Å². The Morgan fingerprint density at radius 3 is 2.81 bits per heavy atom. The lowest BCUT2D eigenvalue weighted by atomic mass is 10.1. The van der Waals surface area contributed by atoms with E-state index in [0.29, 0.717) is 11.4 Å². The Kier molecular flexibility index (Phi) is 4.07. The second-order valence-electron chi connectivity index (χ2n) is 5.44. The van der Waals surface area contributed by atoms with Crippen molar-refractivity contribution in [2.45, 2.75) is 26.4 Å². The van der Waals surface area contributed by atoms with Crippen LogP contribution in [-0.4, -0.2) is 22.8 Å². The van der Waals surface area contributed by atoms with Crippen molar-refractivity contribution in [1.29, 1.82) is 0 Å². The summed E-state index contributed by atoms with van der Waals surface area (Å²) in [6.07, 6.45) is 9.99.